The van der Waals surface area contributed by atoms with Gasteiger partial charge in [-0.25, -0.2) is 4.79 Å². The molecule has 0 spiro atoms. The molecule has 8 amide bonds. The van der Waals surface area contributed by atoms with Gasteiger partial charge in [0.25, 0.3) is 0 Å². The van der Waals surface area contributed by atoms with Crippen molar-refractivity contribution in [3.8, 4) is 0 Å². The standard InChI is InChI=1S/C35H63N11O12/c1-19(2)17-25(34(56)45-22(9-12-26(39)47)31(53)41-18-28(49)42-24(35(57)58)10-13-27(40)48)46-32(54)21(8-4-6-16-37)44-33(55)23(11-14-29(50)51)43-30(52)20(38)7-3-5-15-36/h19-25H,3-18,36-38H2,1-2H3,(H2,39,47)(H2,40,48)(H,41,53)(H,42,49)(H,43,52)(H,44,55)(H,45,56)(H,46,54)(H,50,51)(H,57,58). The number of amides is 8. The van der Waals surface area contributed by atoms with Gasteiger partial charge in [0.2, 0.25) is 47.3 Å². The Morgan fingerprint density at radius 1 is 0.517 bits per heavy atom. The normalized spacial score (nSPS) is 14.0. The summed E-state index contributed by atoms with van der Waals surface area (Å²) in [6.45, 7) is 3.37. The van der Waals surface area contributed by atoms with Crippen LogP contribution in [-0.2, 0) is 47.9 Å². The van der Waals surface area contributed by atoms with Gasteiger partial charge in [-0.3, -0.25) is 43.2 Å². The third kappa shape index (κ3) is 23.6. The van der Waals surface area contributed by atoms with Gasteiger partial charge in [-0.15, -0.1) is 0 Å². The summed E-state index contributed by atoms with van der Waals surface area (Å²) < 4.78 is 0. The largest absolute Gasteiger partial charge is 0.481 e. The minimum atomic E-state index is -1.49. The highest BCUT2D eigenvalue weighted by molar-refractivity contribution is 5.96. The number of primary amides is 2. The molecule has 0 rings (SSSR count). The third-order valence-electron chi connectivity index (χ3n) is 8.55. The highest BCUT2D eigenvalue weighted by Gasteiger charge is 2.33. The van der Waals surface area contributed by atoms with Crippen molar-refractivity contribution >= 4 is 59.2 Å². The molecular weight excluding hydrogens is 766 g/mol. The van der Waals surface area contributed by atoms with Crippen molar-refractivity contribution in [2.24, 2.45) is 34.6 Å². The number of carboxylic acid groups (broad SMARTS) is 2. The summed E-state index contributed by atoms with van der Waals surface area (Å²) in [6, 6.07) is -7.97. The van der Waals surface area contributed by atoms with Gasteiger partial charge in [0.1, 0.15) is 30.2 Å². The number of unbranched alkanes of at least 4 members (excludes halogenated alkanes) is 2. The molecule has 330 valence electrons. The van der Waals surface area contributed by atoms with Crippen molar-refractivity contribution in [1.29, 1.82) is 0 Å². The topological polar surface area (TPSA) is 413 Å². The lowest BCUT2D eigenvalue weighted by molar-refractivity contribution is -0.142. The fourth-order valence-electron chi connectivity index (χ4n) is 5.37. The van der Waals surface area contributed by atoms with E-state index < -0.39 is 108 Å². The van der Waals surface area contributed by atoms with Gasteiger partial charge < -0.3 is 70.8 Å². The molecule has 0 aromatic heterocycles. The Balaban J connectivity index is 6.15. The molecule has 0 aliphatic carbocycles. The van der Waals surface area contributed by atoms with Gasteiger partial charge >= 0.3 is 11.9 Å². The number of hydrogen-bond donors (Lipinski definition) is 13. The second-order valence-electron chi connectivity index (χ2n) is 14.2. The number of carboxylic acids is 2. The van der Waals surface area contributed by atoms with Crippen molar-refractivity contribution in [2.75, 3.05) is 19.6 Å². The van der Waals surface area contributed by atoms with E-state index >= 15 is 0 Å². The Morgan fingerprint density at radius 3 is 1.43 bits per heavy atom. The van der Waals surface area contributed by atoms with Crippen molar-refractivity contribution in [2.45, 2.75) is 134 Å². The van der Waals surface area contributed by atoms with E-state index in [0.717, 1.165) is 0 Å². The minimum absolute atomic E-state index is 0.0226. The van der Waals surface area contributed by atoms with Crippen molar-refractivity contribution in [3.63, 3.8) is 0 Å². The molecule has 23 heteroatoms. The molecule has 58 heavy (non-hydrogen) atoms. The second-order valence-corrected chi connectivity index (χ2v) is 14.2. The molecule has 0 aliphatic rings. The average molecular weight is 830 g/mol. The molecule has 0 fully saturated rings. The van der Waals surface area contributed by atoms with Crippen molar-refractivity contribution in [1.82, 2.24) is 31.9 Å². The Labute approximate surface area is 336 Å². The van der Waals surface area contributed by atoms with Crippen LogP contribution in [0.4, 0.5) is 0 Å². The summed E-state index contributed by atoms with van der Waals surface area (Å²) >= 11 is 0. The molecule has 0 heterocycles. The maximum absolute atomic E-state index is 13.8. The van der Waals surface area contributed by atoms with Crippen molar-refractivity contribution < 1.29 is 58.2 Å². The lowest BCUT2D eigenvalue weighted by Gasteiger charge is -2.27. The molecule has 0 aromatic carbocycles. The van der Waals surface area contributed by atoms with Crippen LogP contribution in [0.1, 0.15) is 97.3 Å². The van der Waals surface area contributed by atoms with Gasteiger partial charge in [0.15, 0.2) is 0 Å². The van der Waals surface area contributed by atoms with Crippen LogP contribution in [0.3, 0.4) is 0 Å². The summed E-state index contributed by atoms with van der Waals surface area (Å²) in [5.74, 6) is -9.72. The smallest absolute Gasteiger partial charge is 0.326 e. The Hall–Kier alpha value is -5.42. The SMILES string of the molecule is CC(C)CC(NC(=O)C(CCCCN)NC(=O)C(CCC(=O)O)NC(=O)C(N)CCCCN)C(=O)NC(CCC(N)=O)C(=O)NCC(=O)NC(CCC(N)=O)C(=O)O. The maximum Gasteiger partial charge on any atom is 0.326 e. The van der Waals surface area contributed by atoms with Crippen LogP contribution in [0.15, 0.2) is 0 Å². The maximum atomic E-state index is 13.8. The Bertz CT molecular complexity index is 1410. The van der Waals surface area contributed by atoms with Crippen LogP contribution >= 0.6 is 0 Å². The number of hydrogen-bond acceptors (Lipinski definition) is 13. The van der Waals surface area contributed by atoms with E-state index in [1.54, 1.807) is 13.8 Å². The molecule has 0 radical (unpaired) electrons. The first kappa shape index (κ1) is 52.6. The van der Waals surface area contributed by atoms with Gasteiger partial charge in [0, 0.05) is 19.3 Å². The first-order valence-electron chi connectivity index (χ1n) is 19.2. The number of rotatable bonds is 32. The predicted molar refractivity (Wildman–Crippen MR) is 207 cm³/mol. The predicted octanol–water partition coefficient (Wildman–Crippen LogP) is -4.36. The Kier molecular flexibility index (Phi) is 26.2. The van der Waals surface area contributed by atoms with Crippen LogP contribution in [0.2, 0.25) is 0 Å². The summed E-state index contributed by atoms with van der Waals surface area (Å²) in [7, 11) is 0. The number of aliphatic carboxylic acids is 2. The van der Waals surface area contributed by atoms with Crippen LogP contribution in [0, 0.1) is 5.92 Å². The summed E-state index contributed by atoms with van der Waals surface area (Å²) in [6.07, 6.45) is 0.0550. The van der Waals surface area contributed by atoms with E-state index in [4.69, 9.17) is 28.7 Å². The van der Waals surface area contributed by atoms with Crippen LogP contribution < -0.4 is 60.6 Å². The molecule has 0 saturated carbocycles. The highest BCUT2D eigenvalue weighted by Crippen LogP contribution is 2.10. The highest BCUT2D eigenvalue weighted by atomic mass is 16.4. The van der Waals surface area contributed by atoms with E-state index in [-0.39, 0.29) is 63.8 Å². The molecule has 6 unspecified atom stereocenters. The van der Waals surface area contributed by atoms with Crippen LogP contribution in [0.5, 0.6) is 0 Å². The van der Waals surface area contributed by atoms with Crippen LogP contribution in [0.25, 0.3) is 0 Å². The monoisotopic (exact) mass is 829 g/mol. The lowest BCUT2D eigenvalue weighted by atomic mass is 10.0. The van der Waals surface area contributed by atoms with Crippen molar-refractivity contribution in [3.05, 3.63) is 0 Å². The zero-order valence-corrected chi connectivity index (χ0v) is 33.2. The first-order chi connectivity index (χ1) is 27.2. The second kappa shape index (κ2) is 28.9. The molecule has 23 nitrogen and oxygen atoms in total. The average Bonchev–Trinajstić information content (AvgIpc) is 3.14. The molecular formula is C35H63N11O12. The van der Waals surface area contributed by atoms with E-state index in [2.05, 4.69) is 31.9 Å². The molecule has 0 saturated heterocycles. The fourth-order valence-corrected chi connectivity index (χ4v) is 5.37. The van der Waals surface area contributed by atoms with Crippen LogP contribution in [-0.4, -0.2) is 125 Å². The van der Waals surface area contributed by atoms with E-state index in [9.17, 15) is 58.2 Å². The first-order valence-corrected chi connectivity index (χ1v) is 19.2. The number of nitrogens with one attached hydrogen (secondary N) is 6. The summed E-state index contributed by atoms with van der Waals surface area (Å²) in [5.41, 5.74) is 27.4. The zero-order chi connectivity index (χ0) is 44.4. The molecule has 0 bridgehead atoms. The van der Waals surface area contributed by atoms with E-state index in [0.29, 0.717) is 32.2 Å². The lowest BCUT2D eigenvalue weighted by Crippen LogP contribution is -2.59. The molecule has 0 aliphatic heterocycles. The fraction of sp³-hybridized carbons (Fsp3) is 0.714. The zero-order valence-electron chi connectivity index (χ0n) is 33.2. The number of nitrogens with two attached hydrogens (primary N) is 5. The van der Waals surface area contributed by atoms with E-state index in [1.165, 1.54) is 0 Å². The van der Waals surface area contributed by atoms with Gasteiger partial charge in [-0.1, -0.05) is 20.3 Å². The minimum Gasteiger partial charge on any atom is -0.481 e. The number of carbonyl (C=O) groups is 10. The van der Waals surface area contributed by atoms with E-state index in [1.807, 2.05) is 0 Å². The molecule has 6 atom stereocenters. The Morgan fingerprint density at radius 2 is 0.948 bits per heavy atom. The quantitative estimate of drug-likeness (QED) is 0.0285. The van der Waals surface area contributed by atoms with Gasteiger partial charge in [-0.2, -0.15) is 0 Å². The summed E-state index contributed by atoms with van der Waals surface area (Å²) in [5, 5.41) is 33.0. The molecule has 0 aromatic rings. The number of carbonyl (C=O) groups excluding carboxylic acids is 8. The third-order valence-corrected chi connectivity index (χ3v) is 8.55. The molecule has 18 N–H and O–H groups in total. The van der Waals surface area contributed by atoms with Gasteiger partial charge in [-0.05, 0) is 76.8 Å². The summed E-state index contributed by atoms with van der Waals surface area (Å²) in [4.78, 5) is 125. The van der Waals surface area contributed by atoms with Gasteiger partial charge in [0.05, 0.1) is 12.6 Å².